The molecule has 3 aromatic carbocycles. The van der Waals surface area contributed by atoms with Gasteiger partial charge in [-0.25, -0.2) is 4.98 Å². The second-order valence-electron chi connectivity index (χ2n) is 7.40. The van der Waals surface area contributed by atoms with E-state index in [2.05, 4.69) is 24.1 Å². The van der Waals surface area contributed by atoms with Crippen LogP contribution in [0.1, 0.15) is 24.2 Å². The number of hydrogen-bond donors (Lipinski definition) is 1. The second-order valence-corrected chi connectivity index (χ2v) is 7.84. The molecule has 4 rings (SSSR count). The van der Waals surface area contributed by atoms with Gasteiger partial charge in [0.25, 0.3) is 5.91 Å². The molecule has 0 bridgehead atoms. The summed E-state index contributed by atoms with van der Waals surface area (Å²) in [5.74, 6) is 1.34. The average Bonchev–Trinajstić information content (AvgIpc) is 3.16. The maximum Gasteiger partial charge on any atom is 0.255 e. The van der Waals surface area contributed by atoms with Gasteiger partial charge in [-0.05, 0) is 60.5 Å². The fourth-order valence-corrected chi connectivity index (χ4v) is 3.13. The van der Waals surface area contributed by atoms with Crippen LogP contribution in [0, 0.1) is 5.92 Å². The average molecular weight is 421 g/mol. The number of ether oxygens (including phenoxy) is 1. The number of nitrogens with one attached hydrogen (secondary N) is 1. The highest BCUT2D eigenvalue weighted by Crippen LogP contribution is 2.28. The molecule has 0 fully saturated rings. The molecule has 0 saturated heterocycles. The van der Waals surface area contributed by atoms with Crippen LogP contribution in [-0.4, -0.2) is 17.5 Å². The molecule has 6 heteroatoms. The third-order valence-electron chi connectivity index (χ3n) is 4.40. The Bertz CT molecular complexity index is 1200. The zero-order valence-corrected chi connectivity index (χ0v) is 17.4. The lowest BCUT2D eigenvalue weighted by molar-refractivity contribution is 0.102. The molecular weight excluding hydrogens is 400 g/mol. The van der Waals surface area contributed by atoms with E-state index < -0.39 is 0 Å². The molecule has 0 aliphatic heterocycles. The number of anilines is 1. The van der Waals surface area contributed by atoms with Gasteiger partial charge in [0, 0.05) is 21.8 Å². The summed E-state index contributed by atoms with van der Waals surface area (Å²) in [6.45, 7) is 4.76. The summed E-state index contributed by atoms with van der Waals surface area (Å²) in [5, 5.41) is 3.52. The van der Waals surface area contributed by atoms with Crippen LogP contribution in [0.2, 0.25) is 5.02 Å². The highest BCUT2D eigenvalue weighted by atomic mass is 35.5. The van der Waals surface area contributed by atoms with Gasteiger partial charge in [-0.1, -0.05) is 37.6 Å². The fraction of sp³-hybridized carbons (Fsp3) is 0.167. The SMILES string of the molecule is CC(C)COc1cccc(C(=O)Nc2ccc3oc(-c4cccc(Cl)c4)nc3c2)c1. The van der Waals surface area contributed by atoms with Crippen LogP contribution < -0.4 is 10.1 Å². The minimum atomic E-state index is -0.220. The van der Waals surface area contributed by atoms with Crippen molar-refractivity contribution in [1.29, 1.82) is 0 Å². The molecule has 1 heterocycles. The quantitative estimate of drug-likeness (QED) is 0.390. The van der Waals surface area contributed by atoms with Crippen molar-refractivity contribution >= 4 is 34.3 Å². The summed E-state index contributed by atoms with van der Waals surface area (Å²) in [5.41, 5.74) is 3.23. The first-order valence-electron chi connectivity index (χ1n) is 9.69. The highest BCUT2D eigenvalue weighted by Gasteiger charge is 2.12. The Morgan fingerprint density at radius 2 is 1.93 bits per heavy atom. The van der Waals surface area contributed by atoms with E-state index in [1.165, 1.54) is 0 Å². The Morgan fingerprint density at radius 1 is 1.10 bits per heavy atom. The number of amides is 1. The minimum absolute atomic E-state index is 0.220. The normalized spacial score (nSPS) is 11.1. The predicted octanol–water partition coefficient (Wildman–Crippen LogP) is 6.44. The number of fused-ring (bicyclic) bond motifs is 1. The van der Waals surface area contributed by atoms with Gasteiger partial charge in [0.1, 0.15) is 11.3 Å². The predicted molar refractivity (Wildman–Crippen MR) is 119 cm³/mol. The summed E-state index contributed by atoms with van der Waals surface area (Å²) in [6.07, 6.45) is 0. The first kappa shape index (κ1) is 20.0. The van der Waals surface area contributed by atoms with E-state index >= 15 is 0 Å². The third-order valence-corrected chi connectivity index (χ3v) is 4.63. The molecule has 0 spiro atoms. The van der Waals surface area contributed by atoms with E-state index in [4.69, 9.17) is 20.8 Å². The number of oxazole rings is 1. The zero-order valence-electron chi connectivity index (χ0n) is 16.7. The second kappa shape index (κ2) is 8.59. The number of nitrogens with zero attached hydrogens (tertiary/aromatic N) is 1. The van der Waals surface area contributed by atoms with Crippen LogP contribution in [0.4, 0.5) is 5.69 Å². The molecule has 4 aromatic rings. The molecule has 5 nitrogen and oxygen atoms in total. The van der Waals surface area contributed by atoms with Crippen LogP contribution in [0.15, 0.2) is 71.1 Å². The first-order chi connectivity index (χ1) is 14.5. The molecule has 0 saturated carbocycles. The Labute approximate surface area is 179 Å². The van der Waals surface area contributed by atoms with Gasteiger partial charge in [-0.3, -0.25) is 4.79 Å². The van der Waals surface area contributed by atoms with E-state index in [-0.39, 0.29) is 5.91 Å². The molecule has 0 radical (unpaired) electrons. The van der Waals surface area contributed by atoms with Crippen molar-refractivity contribution in [1.82, 2.24) is 4.98 Å². The number of hydrogen-bond acceptors (Lipinski definition) is 4. The third kappa shape index (κ3) is 4.63. The van der Waals surface area contributed by atoms with Crippen LogP contribution in [-0.2, 0) is 0 Å². The van der Waals surface area contributed by atoms with E-state index in [0.717, 1.165) is 5.56 Å². The van der Waals surface area contributed by atoms with Gasteiger partial charge >= 0.3 is 0 Å². The monoisotopic (exact) mass is 420 g/mol. The number of halogens is 1. The molecule has 152 valence electrons. The summed E-state index contributed by atoms with van der Waals surface area (Å²) in [6, 6.07) is 19.8. The van der Waals surface area contributed by atoms with Gasteiger partial charge in [-0.15, -0.1) is 0 Å². The zero-order chi connectivity index (χ0) is 21.1. The summed E-state index contributed by atoms with van der Waals surface area (Å²) >= 11 is 6.05. The Hall–Kier alpha value is -3.31. The number of carbonyl (C=O) groups excluding carboxylic acids is 1. The van der Waals surface area contributed by atoms with Crippen molar-refractivity contribution in [2.75, 3.05) is 11.9 Å². The molecule has 0 aliphatic rings. The molecule has 0 atom stereocenters. The van der Waals surface area contributed by atoms with Crippen LogP contribution in [0.5, 0.6) is 5.75 Å². The van der Waals surface area contributed by atoms with Crippen molar-refractivity contribution in [3.63, 3.8) is 0 Å². The summed E-state index contributed by atoms with van der Waals surface area (Å²) in [4.78, 5) is 17.2. The minimum Gasteiger partial charge on any atom is -0.493 e. The van der Waals surface area contributed by atoms with Crippen LogP contribution in [0.25, 0.3) is 22.6 Å². The number of aromatic nitrogens is 1. The van der Waals surface area contributed by atoms with E-state index in [1.807, 2.05) is 24.3 Å². The smallest absolute Gasteiger partial charge is 0.255 e. The Kier molecular flexibility index (Phi) is 5.72. The van der Waals surface area contributed by atoms with E-state index in [1.54, 1.807) is 42.5 Å². The number of benzene rings is 3. The topological polar surface area (TPSA) is 64.4 Å². The summed E-state index contributed by atoms with van der Waals surface area (Å²) in [7, 11) is 0. The van der Waals surface area contributed by atoms with Gasteiger partial charge < -0.3 is 14.5 Å². The van der Waals surface area contributed by atoms with Crippen molar-refractivity contribution < 1.29 is 13.9 Å². The molecule has 0 aliphatic carbocycles. The van der Waals surface area contributed by atoms with Gasteiger partial charge in [-0.2, -0.15) is 0 Å². The van der Waals surface area contributed by atoms with Crippen LogP contribution in [0.3, 0.4) is 0 Å². The lowest BCUT2D eigenvalue weighted by atomic mass is 10.2. The van der Waals surface area contributed by atoms with Crippen LogP contribution >= 0.6 is 11.6 Å². The van der Waals surface area contributed by atoms with Crippen molar-refractivity contribution in [3.05, 3.63) is 77.3 Å². The van der Waals surface area contributed by atoms with Gasteiger partial charge in [0.15, 0.2) is 5.58 Å². The molecule has 1 amide bonds. The fourth-order valence-electron chi connectivity index (χ4n) is 2.94. The summed E-state index contributed by atoms with van der Waals surface area (Å²) < 4.78 is 11.5. The van der Waals surface area contributed by atoms with Crippen molar-refractivity contribution in [2.24, 2.45) is 5.92 Å². The van der Waals surface area contributed by atoms with Gasteiger partial charge in [0.05, 0.1) is 6.61 Å². The maximum atomic E-state index is 12.7. The standard InChI is InChI=1S/C24H21ClN2O3/c1-15(2)14-29-20-8-4-5-16(12-20)23(28)26-19-9-10-22-21(13-19)27-24(30-22)17-6-3-7-18(25)11-17/h3-13,15H,14H2,1-2H3,(H,26,28). The molecule has 1 N–H and O–H groups in total. The van der Waals surface area contributed by atoms with E-state index in [0.29, 0.717) is 51.5 Å². The number of rotatable bonds is 6. The first-order valence-corrected chi connectivity index (χ1v) is 10.1. The van der Waals surface area contributed by atoms with E-state index in [9.17, 15) is 4.79 Å². The number of carbonyl (C=O) groups is 1. The Morgan fingerprint density at radius 3 is 2.73 bits per heavy atom. The molecule has 1 aromatic heterocycles. The highest BCUT2D eigenvalue weighted by molar-refractivity contribution is 6.30. The molecule has 30 heavy (non-hydrogen) atoms. The van der Waals surface area contributed by atoms with Gasteiger partial charge in [0.2, 0.25) is 5.89 Å². The molecular formula is C24H21ClN2O3. The largest absolute Gasteiger partial charge is 0.493 e. The lowest BCUT2D eigenvalue weighted by Gasteiger charge is -2.10. The maximum absolute atomic E-state index is 12.7. The van der Waals surface area contributed by atoms with Crippen molar-refractivity contribution in [2.45, 2.75) is 13.8 Å². The Balaban J connectivity index is 1.52. The lowest BCUT2D eigenvalue weighted by Crippen LogP contribution is -2.12. The molecule has 0 unspecified atom stereocenters. The van der Waals surface area contributed by atoms with Crippen molar-refractivity contribution in [3.8, 4) is 17.2 Å².